The van der Waals surface area contributed by atoms with E-state index in [9.17, 15) is 0 Å². The van der Waals surface area contributed by atoms with Crippen molar-refractivity contribution in [3.8, 4) is 11.5 Å². The fraction of sp³-hybridized carbons (Fsp3) is 0.267. The lowest BCUT2D eigenvalue weighted by atomic mass is 10.1. The maximum atomic E-state index is 5.77. The van der Waals surface area contributed by atoms with Crippen LogP contribution in [0.2, 0.25) is 0 Å². The van der Waals surface area contributed by atoms with Crippen LogP contribution in [0.1, 0.15) is 5.56 Å². The van der Waals surface area contributed by atoms with E-state index >= 15 is 0 Å². The second-order valence-electron chi connectivity index (χ2n) is 4.30. The minimum absolute atomic E-state index is 0.514. The van der Waals surface area contributed by atoms with Crippen molar-refractivity contribution in [2.75, 3.05) is 31.8 Å². The van der Waals surface area contributed by atoms with Gasteiger partial charge in [0, 0.05) is 12.7 Å². The van der Waals surface area contributed by atoms with Crippen LogP contribution in [-0.2, 0) is 6.42 Å². The molecule has 5 nitrogen and oxygen atoms in total. The molecule has 0 unspecified atom stereocenters. The van der Waals surface area contributed by atoms with Crippen LogP contribution in [-0.4, -0.2) is 25.7 Å². The van der Waals surface area contributed by atoms with Gasteiger partial charge in [-0.3, -0.25) is 0 Å². The van der Waals surface area contributed by atoms with Crippen LogP contribution < -0.4 is 20.5 Å². The Morgan fingerprint density at radius 2 is 1.95 bits per heavy atom. The smallest absolute Gasteiger partial charge is 0.160 e. The van der Waals surface area contributed by atoms with E-state index in [1.165, 1.54) is 0 Å². The Bertz CT molecular complexity index is 573. The summed E-state index contributed by atoms with van der Waals surface area (Å²) in [6, 6.07) is 9.68. The molecule has 5 heteroatoms. The molecule has 0 aliphatic heterocycles. The number of nitrogens with two attached hydrogens (primary N) is 1. The largest absolute Gasteiger partial charge is 0.493 e. The lowest BCUT2D eigenvalue weighted by Crippen LogP contribution is -2.07. The molecule has 20 heavy (non-hydrogen) atoms. The number of nitrogen functional groups attached to an aromatic ring is 1. The number of nitrogens with zero attached hydrogens (tertiary/aromatic N) is 1. The molecule has 0 amide bonds. The summed E-state index contributed by atoms with van der Waals surface area (Å²) in [5.41, 5.74) is 7.79. The van der Waals surface area contributed by atoms with Crippen molar-refractivity contribution in [2.24, 2.45) is 0 Å². The second-order valence-corrected chi connectivity index (χ2v) is 4.30. The molecule has 0 aliphatic rings. The Hall–Kier alpha value is -2.43. The Morgan fingerprint density at radius 1 is 1.15 bits per heavy atom. The van der Waals surface area contributed by atoms with Gasteiger partial charge in [-0.1, -0.05) is 6.07 Å². The molecule has 3 N–H and O–H groups in total. The molecule has 2 aromatic rings. The van der Waals surface area contributed by atoms with Crippen LogP contribution in [0, 0.1) is 0 Å². The van der Waals surface area contributed by atoms with Crippen molar-refractivity contribution in [3.63, 3.8) is 0 Å². The summed E-state index contributed by atoms with van der Waals surface area (Å²) in [7, 11) is 3.26. The molecule has 0 spiro atoms. The molecular formula is C15H19N3O2. The zero-order valence-electron chi connectivity index (χ0n) is 11.7. The van der Waals surface area contributed by atoms with Crippen molar-refractivity contribution >= 4 is 11.5 Å². The van der Waals surface area contributed by atoms with E-state index < -0.39 is 0 Å². The summed E-state index contributed by atoms with van der Waals surface area (Å²) in [5.74, 6) is 1.99. The lowest BCUT2D eigenvalue weighted by molar-refractivity contribution is 0.354. The molecule has 1 heterocycles. The van der Waals surface area contributed by atoms with Gasteiger partial charge in [-0.05, 0) is 36.2 Å². The van der Waals surface area contributed by atoms with E-state index in [0.717, 1.165) is 35.7 Å². The number of hydrogen-bond acceptors (Lipinski definition) is 5. The number of pyridine rings is 1. The molecule has 0 atom stereocenters. The summed E-state index contributed by atoms with van der Waals surface area (Å²) >= 11 is 0. The predicted octanol–water partition coefficient (Wildman–Crippen LogP) is 2.34. The topological polar surface area (TPSA) is 69.4 Å². The van der Waals surface area contributed by atoms with Crippen LogP contribution in [0.4, 0.5) is 11.5 Å². The molecule has 0 fully saturated rings. The van der Waals surface area contributed by atoms with Crippen molar-refractivity contribution < 1.29 is 9.47 Å². The van der Waals surface area contributed by atoms with Gasteiger partial charge in [0.25, 0.3) is 0 Å². The Morgan fingerprint density at radius 3 is 2.65 bits per heavy atom. The molecule has 1 aromatic heterocycles. The second kappa shape index (κ2) is 6.65. The SMILES string of the molecule is COc1ccc(CCNc2cccnc2N)cc1OC. The number of anilines is 2. The van der Waals surface area contributed by atoms with E-state index in [1.807, 2.05) is 30.3 Å². The molecular weight excluding hydrogens is 254 g/mol. The van der Waals surface area contributed by atoms with Gasteiger partial charge in [0.15, 0.2) is 11.5 Å². The maximum Gasteiger partial charge on any atom is 0.160 e. The average molecular weight is 273 g/mol. The molecule has 0 radical (unpaired) electrons. The molecule has 0 saturated heterocycles. The highest BCUT2D eigenvalue weighted by Crippen LogP contribution is 2.27. The first-order valence-electron chi connectivity index (χ1n) is 6.40. The number of aromatic nitrogens is 1. The van der Waals surface area contributed by atoms with Gasteiger partial charge in [0.05, 0.1) is 19.9 Å². The third-order valence-corrected chi connectivity index (χ3v) is 3.02. The van der Waals surface area contributed by atoms with E-state index in [-0.39, 0.29) is 0 Å². The van der Waals surface area contributed by atoms with Gasteiger partial charge in [0.1, 0.15) is 5.82 Å². The van der Waals surface area contributed by atoms with E-state index in [1.54, 1.807) is 20.4 Å². The van der Waals surface area contributed by atoms with Crippen molar-refractivity contribution in [1.82, 2.24) is 4.98 Å². The Balaban J connectivity index is 1.96. The zero-order chi connectivity index (χ0) is 14.4. The van der Waals surface area contributed by atoms with Gasteiger partial charge in [-0.2, -0.15) is 0 Å². The maximum absolute atomic E-state index is 5.77. The number of ether oxygens (including phenoxy) is 2. The summed E-state index contributed by atoms with van der Waals surface area (Å²) in [5, 5.41) is 3.27. The summed E-state index contributed by atoms with van der Waals surface area (Å²) in [6.07, 6.45) is 2.53. The third kappa shape index (κ3) is 3.32. The Kier molecular flexibility index (Phi) is 4.65. The van der Waals surface area contributed by atoms with Gasteiger partial charge in [-0.15, -0.1) is 0 Å². The van der Waals surface area contributed by atoms with Gasteiger partial charge in [-0.25, -0.2) is 4.98 Å². The summed E-state index contributed by atoms with van der Waals surface area (Å²) < 4.78 is 10.5. The molecule has 0 aliphatic carbocycles. The van der Waals surface area contributed by atoms with Gasteiger partial charge < -0.3 is 20.5 Å². The Labute approximate surface area is 118 Å². The van der Waals surface area contributed by atoms with Crippen molar-refractivity contribution in [2.45, 2.75) is 6.42 Å². The van der Waals surface area contributed by atoms with Crippen LogP contribution >= 0.6 is 0 Å². The minimum Gasteiger partial charge on any atom is -0.493 e. The summed E-state index contributed by atoms with van der Waals surface area (Å²) in [6.45, 7) is 0.769. The molecule has 0 bridgehead atoms. The third-order valence-electron chi connectivity index (χ3n) is 3.02. The fourth-order valence-corrected chi connectivity index (χ4v) is 1.94. The number of benzene rings is 1. The predicted molar refractivity (Wildman–Crippen MR) is 80.4 cm³/mol. The standard InChI is InChI=1S/C15H19N3O2/c1-19-13-6-5-11(10-14(13)20-2)7-9-17-12-4-3-8-18-15(12)16/h3-6,8,10,17H,7,9H2,1-2H3,(H2,16,18). The fourth-order valence-electron chi connectivity index (χ4n) is 1.94. The van der Waals surface area contributed by atoms with E-state index in [2.05, 4.69) is 10.3 Å². The molecule has 2 rings (SSSR count). The minimum atomic E-state index is 0.514. The normalized spacial score (nSPS) is 10.1. The van der Waals surface area contributed by atoms with Crippen LogP contribution in [0.15, 0.2) is 36.5 Å². The lowest BCUT2D eigenvalue weighted by Gasteiger charge is -2.11. The molecule has 0 saturated carbocycles. The first-order chi connectivity index (χ1) is 9.74. The van der Waals surface area contributed by atoms with Crippen molar-refractivity contribution in [3.05, 3.63) is 42.1 Å². The first-order valence-corrected chi connectivity index (χ1v) is 6.40. The van der Waals surface area contributed by atoms with E-state index in [4.69, 9.17) is 15.2 Å². The highest BCUT2D eigenvalue weighted by atomic mass is 16.5. The summed E-state index contributed by atoms with van der Waals surface area (Å²) in [4.78, 5) is 4.03. The zero-order valence-corrected chi connectivity index (χ0v) is 11.7. The van der Waals surface area contributed by atoms with Crippen LogP contribution in [0.25, 0.3) is 0 Å². The molecule has 106 valence electrons. The van der Waals surface area contributed by atoms with Gasteiger partial charge >= 0.3 is 0 Å². The number of methoxy groups -OCH3 is 2. The highest BCUT2D eigenvalue weighted by molar-refractivity contribution is 5.60. The quantitative estimate of drug-likeness (QED) is 0.845. The van der Waals surface area contributed by atoms with E-state index in [0.29, 0.717) is 5.82 Å². The number of rotatable bonds is 6. The molecule has 1 aromatic carbocycles. The van der Waals surface area contributed by atoms with Crippen molar-refractivity contribution in [1.29, 1.82) is 0 Å². The van der Waals surface area contributed by atoms with Gasteiger partial charge in [0.2, 0.25) is 0 Å². The first kappa shape index (κ1) is 14.0. The highest BCUT2D eigenvalue weighted by Gasteiger charge is 2.04. The monoisotopic (exact) mass is 273 g/mol. The van der Waals surface area contributed by atoms with Crippen LogP contribution in [0.3, 0.4) is 0 Å². The van der Waals surface area contributed by atoms with Crippen LogP contribution in [0.5, 0.6) is 11.5 Å². The number of nitrogens with one attached hydrogen (secondary N) is 1. The number of hydrogen-bond donors (Lipinski definition) is 2. The average Bonchev–Trinajstić information content (AvgIpc) is 2.49.